The zero-order chi connectivity index (χ0) is 11.5. The van der Waals surface area contributed by atoms with Crippen LogP contribution in [0.5, 0.6) is 5.75 Å². The second kappa shape index (κ2) is 4.22. The number of hydrogen-bond acceptors (Lipinski definition) is 5. The second-order valence-electron chi connectivity index (χ2n) is 3.46. The van der Waals surface area contributed by atoms with Crippen LogP contribution in [0.2, 0.25) is 0 Å². The molecular formula is C11H12N4O. The highest BCUT2D eigenvalue weighted by Crippen LogP contribution is 2.23. The summed E-state index contributed by atoms with van der Waals surface area (Å²) >= 11 is 0. The van der Waals surface area contributed by atoms with Crippen molar-refractivity contribution in [3.05, 3.63) is 29.6 Å². The molecule has 2 rings (SSSR count). The maximum atomic E-state index is 5.23. The predicted octanol–water partition coefficient (Wildman–Crippen LogP) is 1.56. The van der Waals surface area contributed by atoms with E-state index in [9.17, 15) is 0 Å². The minimum absolute atomic E-state index is 0.504. The molecule has 0 bridgehead atoms. The Kier molecular flexibility index (Phi) is 2.76. The third kappa shape index (κ3) is 1.98. The van der Waals surface area contributed by atoms with Gasteiger partial charge < -0.3 is 4.74 Å². The van der Waals surface area contributed by atoms with Crippen LogP contribution >= 0.6 is 0 Å². The van der Waals surface area contributed by atoms with Gasteiger partial charge in [-0.1, -0.05) is 12.1 Å². The summed E-state index contributed by atoms with van der Waals surface area (Å²) in [6.07, 6.45) is 0. The lowest BCUT2D eigenvalue weighted by atomic mass is 10.1. The largest absolute Gasteiger partial charge is 0.496 e. The molecule has 0 aliphatic rings. The minimum Gasteiger partial charge on any atom is -0.496 e. The molecule has 5 heteroatoms. The minimum atomic E-state index is 0.504. The first kappa shape index (κ1) is 10.5. The number of methoxy groups -OCH3 is 1. The van der Waals surface area contributed by atoms with Crippen molar-refractivity contribution >= 4 is 0 Å². The van der Waals surface area contributed by atoms with Crippen LogP contribution in [0.25, 0.3) is 11.4 Å². The molecule has 0 fully saturated rings. The molecule has 0 N–H and O–H groups in total. The number of aryl methyl sites for hydroxylation is 2. The molecule has 1 heterocycles. The highest BCUT2D eigenvalue weighted by Gasteiger charge is 2.06. The van der Waals surface area contributed by atoms with Crippen LogP contribution in [-0.4, -0.2) is 27.5 Å². The topological polar surface area (TPSA) is 60.8 Å². The Bertz CT molecular complexity index is 496. The van der Waals surface area contributed by atoms with E-state index < -0.39 is 0 Å². The van der Waals surface area contributed by atoms with Crippen LogP contribution in [0.4, 0.5) is 0 Å². The Labute approximate surface area is 93.5 Å². The zero-order valence-electron chi connectivity index (χ0n) is 9.43. The molecule has 0 atom stereocenters. The Morgan fingerprint density at radius 1 is 1.00 bits per heavy atom. The molecule has 0 saturated carbocycles. The maximum Gasteiger partial charge on any atom is 0.203 e. The van der Waals surface area contributed by atoms with Gasteiger partial charge in [0.15, 0.2) is 5.82 Å². The van der Waals surface area contributed by atoms with Gasteiger partial charge in [0.25, 0.3) is 0 Å². The summed E-state index contributed by atoms with van der Waals surface area (Å²) in [5.41, 5.74) is 1.92. The number of rotatable bonds is 2. The monoisotopic (exact) mass is 216 g/mol. The third-order valence-corrected chi connectivity index (χ3v) is 2.25. The molecule has 5 nitrogen and oxygen atoms in total. The van der Waals surface area contributed by atoms with Crippen molar-refractivity contribution in [3.63, 3.8) is 0 Å². The number of hydrogen-bond donors (Lipinski definition) is 0. The van der Waals surface area contributed by atoms with E-state index >= 15 is 0 Å². The summed E-state index contributed by atoms with van der Waals surface area (Å²) < 4.78 is 5.23. The van der Waals surface area contributed by atoms with Gasteiger partial charge in [-0.25, -0.2) is 0 Å². The molecule has 2 aromatic rings. The molecule has 0 amide bonds. The average Bonchev–Trinajstić information content (AvgIpc) is 2.31. The first-order chi connectivity index (χ1) is 7.70. The standard InChI is InChI=1S/C11H12N4O/c1-7-4-5-9(6-10(7)16-3)11-14-12-8(2)13-15-11/h4-6H,1-3H3. The van der Waals surface area contributed by atoms with E-state index in [2.05, 4.69) is 20.4 Å². The lowest BCUT2D eigenvalue weighted by molar-refractivity contribution is 0.412. The van der Waals surface area contributed by atoms with E-state index in [-0.39, 0.29) is 0 Å². The normalized spacial score (nSPS) is 10.2. The van der Waals surface area contributed by atoms with Gasteiger partial charge in [0.1, 0.15) is 5.75 Å². The van der Waals surface area contributed by atoms with E-state index in [0.29, 0.717) is 11.6 Å². The van der Waals surface area contributed by atoms with Gasteiger partial charge in [-0.2, -0.15) is 0 Å². The summed E-state index contributed by atoms with van der Waals surface area (Å²) in [6, 6.07) is 5.76. The number of aromatic nitrogens is 4. The van der Waals surface area contributed by atoms with E-state index in [4.69, 9.17) is 4.74 Å². The highest BCUT2D eigenvalue weighted by molar-refractivity contribution is 5.58. The van der Waals surface area contributed by atoms with Gasteiger partial charge in [0.05, 0.1) is 7.11 Å². The van der Waals surface area contributed by atoms with Crippen molar-refractivity contribution < 1.29 is 4.74 Å². The van der Waals surface area contributed by atoms with Crippen molar-refractivity contribution in [2.45, 2.75) is 13.8 Å². The highest BCUT2D eigenvalue weighted by atomic mass is 16.5. The SMILES string of the molecule is COc1cc(-c2nnc(C)nn2)ccc1C. The van der Waals surface area contributed by atoms with Crippen LogP contribution in [0, 0.1) is 13.8 Å². The predicted molar refractivity (Wildman–Crippen MR) is 59.1 cm³/mol. The van der Waals surface area contributed by atoms with E-state index in [1.54, 1.807) is 14.0 Å². The lowest BCUT2D eigenvalue weighted by Gasteiger charge is -2.05. The lowest BCUT2D eigenvalue weighted by Crippen LogP contribution is -1.99. The number of ether oxygens (including phenoxy) is 1. The smallest absolute Gasteiger partial charge is 0.203 e. The molecule has 0 radical (unpaired) electrons. The molecule has 0 spiro atoms. The molecule has 82 valence electrons. The fraction of sp³-hybridized carbons (Fsp3) is 0.273. The van der Waals surface area contributed by atoms with Gasteiger partial charge >= 0.3 is 0 Å². The van der Waals surface area contributed by atoms with Gasteiger partial charge in [-0.05, 0) is 25.5 Å². The molecule has 1 aromatic heterocycles. The Morgan fingerprint density at radius 2 is 1.69 bits per heavy atom. The summed E-state index contributed by atoms with van der Waals surface area (Å²) in [6.45, 7) is 3.73. The third-order valence-electron chi connectivity index (χ3n) is 2.25. The molecule has 16 heavy (non-hydrogen) atoms. The van der Waals surface area contributed by atoms with Crippen LogP contribution in [-0.2, 0) is 0 Å². The first-order valence-corrected chi connectivity index (χ1v) is 4.89. The summed E-state index contributed by atoms with van der Waals surface area (Å²) in [4.78, 5) is 0. The molecule has 0 aliphatic heterocycles. The van der Waals surface area contributed by atoms with E-state index in [0.717, 1.165) is 16.9 Å². The second-order valence-corrected chi connectivity index (χ2v) is 3.46. The van der Waals surface area contributed by atoms with Crippen molar-refractivity contribution in [2.75, 3.05) is 7.11 Å². The molecule has 0 saturated heterocycles. The average molecular weight is 216 g/mol. The van der Waals surface area contributed by atoms with Gasteiger partial charge in [-0.3, -0.25) is 0 Å². The quantitative estimate of drug-likeness (QED) is 0.762. The summed E-state index contributed by atoms with van der Waals surface area (Å²) in [7, 11) is 1.64. The fourth-order valence-electron chi connectivity index (χ4n) is 1.35. The van der Waals surface area contributed by atoms with Crippen molar-refractivity contribution in [2.24, 2.45) is 0 Å². The van der Waals surface area contributed by atoms with Crippen LogP contribution in [0.15, 0.2) is 18.2 Å². The van der Waals surface area contributed by atoms with E-state index in [1.807, 2.05) is 25.1 Å². The summed E-state index contributed by atoms with van der Waals surface area (Å²) in [5, 5.41) is 15.7. The van der Waals surface area contributed by atoms with Crippen molar-refractivity contribution in [3.8, 4) is 17.1 Å². The maximum absolute atomic E-state index is 5.23. The summed E-state index contributed by atoms with van der Waals surface area (Å²) in [5.74, 6) is 1.87. The van der Waals surface area contributed by atoms with Gasteiger partial charge in [-0.15, -0.1) is 20.4 Å². The van der Waals surface area contributed by atoms with Crippen molar-refractivity contribution in [1.82, 2.24) is 20.4 Å². The number of nitrogens with zero attached hydrogens (tertiary/aromatic N) is 4. The Morgan fingerprint density at radius 3 is 2.31 bits per heavy atom. The van der Waals surface area contributed by atoms with E-state index in [1.165, 1.54) is 0 Å². The molecule has 1 aromatic carbocycles. The number of benzene rings is 1. The zero-order valence-corrected chi connectivity index (χ0v) is 9.43. The Hall–Kier alpha value is -2.04. The molecular weight excluding hydrogens is 204 g/mol. The fourth-order valence-corrected chi connectivity index (χ4v) is 1.35. The van der Waals surface area contributed by atoms with Crippen molar-refractivity contribution in [1.29, 1.82) is 0 Å². The van der Waals surface area contributed by atoms with Crippen LogP contribution in [0.3, 0.4) is 0 Å². The first-order valence-electron chi connectivity index (χ1n) is 4.89. The molecule has 0 unspecified atom stereocenters. The Balaban J connectivity index is 2.44. The van der Waals surface area contributed by atoms with Crippen LogP contribution < -0.4 is 4.74 Å². The van der Waals surface area contributed by atoms with Gasteiger partial charge in [0, 0.05) is 5.56 Å². The molecule has 0 aliphatic carbocycles. The van der Waals surface area contributed by atoms with Crippen LogP contribution in [0.1, 0.15) is 11.4 Å². The van der Waals surface area contributed by atoms with Gasteiger partial charge in [0.2, 0.25) is 5.82 Å².